The molecule has 0 aliphatic carbocycles. The van der Waals surface area contributed by atoms with Gasteiger partial charge in [-0.2, -0.15) is 9.78 Å². The van der Waals surface area contributed by atoms with E-state index in [4.69, 9.17) is 4.74 Å². The number of fused-ring (bicyclic) bond motifs is 1. The van der Waals surface area contributed by atoms with Gasteiger partial charge in [0.05, 0.1) is 48.4 Å². The van der Waals surface area contributed by atoms with Crippen LogP contribution in [-0.4, -0.2) is 75.4 Å². The van der Waals surface area contributed by atoms with Crippen LogP contribution in [0.25, 0.3) is 27.6 Å². The summed E-state index contributed by atoms with van der Waals surface area (Å²) in [5.41, 5.74) is 0.387. The molecule has 5 heterocycles. The Hall–Kier alpha value is -5.27. The quantitative estimate of drug-likeness (QED) is 0.230. The van der Waals surface area contributed by atoms with Crippen LogP contribution >= 0.6 is 0 Å². The van der Waals surface area contributed by atoms with Crippen molar-refractivity contribution >= 4 is 34.3 Å². The minimum absolute atomic E-state index is 0.0665. The zero-order chi connectivity index (χ0) is 36.2. The van der Waals surface area contributed by atoms with Crippen LogP contribution in [0.5, 0.6) is 0 Å². The van der Waals surface area contributed by atoms with Crippen molar-refractivity contribution in [2.75, 3.05) is 43.1 Å². The van der Waals surface area contributed by atoms with E-state index in [0.717, 1.165) is 55.3 Å². The van der Waals surface area contributed by atoms with E-state index >= 15 is 8.78 Å². The molecule has 2 aliphatic heterocycles. The van der Waals surface area contributed by atoms with E-state index in [1.165, 1.54) is 36.1 Å². The van der Waals surface area contributed by atoms with Crippen molar-refractivity contribution in [3.63, 3.8) is 0 Å². The van der Waals surface area contributed by atoms with Crippen molar-refractivity contribution < 1.29 is 18.3 Å². The molecule has 2 saturated heterocycles. The molecular formula is C38H39F2N7O4. The van der Waals surface area contributed by atoms with Crippen LogP contribution in [0.1, 0.15) is 43.6 Å². The van der Waals surface area contributed by atoms with Gasteiger partial charge in [0.15, 0.2) is 6.29 Å². The van der Waals surface area contributed by atoms with Crippen molar-refractivity contribution in [1.29, 1.82) is 0 Å². The number of hydrogen-bond acceptors (Lipinski definition) is 9. The summed E-state index contributed by atoms with van der Waals surface area (Å²) in [6.07, 6.45) is 5.04. The van der Waals surface area contributed by atoms with Crippen LogP contribution in [0.15, 0.2) is 70.6 Å². The van der Waals surface area contributed by atoms with Crippen molar-refractivity contribution in [2.24, 2.45) is 7.05 Å². The van der Waals surface area contributed by atoms with E-state index in [-0.39, 0.29) is 50.3 Å². The van der Waals surface area contributed by atoms with Crippen LogP contribution in [-0.2, 0) is 17.2 Å². The fourth-order valence-corrected chi connectivity index (χ4v) is 6.83. The molecule has 0 spiro atoms. The van der Waals surface area contributed by atoms with Gasteiger partial charge in [0.1, 0.15) is 23.1 Å². The number of aldehydes is 1. The highest BCUT2D eigenvalue weighted by Crippen LogP contribution is 2.31. The molecule has 11 nitrogen and oxygen atoms in total. The Balaban J connectivity index is 1.21. The molecule has 13 heteroatoms. The number of aryl methyl sites for hydroxylation is 1. The second-order valence-corrected chi connectivity index (χ2v) is 14.4. The van der Waals surface area contributed by atoms with E-state index in [1.807, 2.05) is 26.8 Å². The van der Waals surface area contributed by atoms with Gasteiger partial charge in [0.25, 0.3) is 11.1 Å². The number of anilines is 3. The van der Waals surface area contributed by atoms with Crippen molar-refractivity contribution in [3.05, 3.63) is 105 Å². The SMILES string of the molecule is CC1CN(C2COC2)CCN1c1ccc(Nc2cc(-c3cc(F)cc(-n4ncc5cc(C(C)(C)C)cc(F)c5c4=O)c3C=O)cn(C)c2=O)nc1. The van der Waals surface area contributed by atoms with Gasteiger partial charge in [-0.05, 0) is 59.9 Å². The third-order valence-corrected chi connectivity index (χ3v) is 9.81. The summed E-state index contributed by atoms with van der Waals surface area (Å²) < 4.78 is 38.2. The van der Waals surface area contributed by atoms with Crippen LogP contribution in [0.4, 0.5) is 26.0 Å². The number of hydrogen-bond donors (Lipinski definition) is 1. The fourth-order valence-electron chi connectivity index (χ4n) is 6.83. The summed E-state index contributed by atoms with van der Waals surface area (Å²) in [7, 11) is 1.54. The zero-order valence-electron chi connectivity index (χ0n) is 29.1. The lowest BCUT2D eigenvalue weighted by atomic mass is 9.86. The minimum Gasteiger partial charge on any atom is -0.378 e. The van der Waals surface area contributed by atoms with Crippen LogP contribution in [0.2, 0.25) is 0 Å². The molecule has 51 heavy (non-hydrogen) atoms. The van der Waals surface area contributed by atoms with Crippen molar-refractivity contribution in [1.82, 2.24) is 24.2 Å². The number of pyridine rings is 2. The molecule has 1 unspecified atom stereocenters. The Bertz CT molecular complexity index is 2280. The minimum atomic E-state index is -0.841. The Morgan fingerprint density at radius 1 is 1.00 bits per heavy atom. The number of nitrogens with zero attached hydrogens (tertiary/aromatic N) is 6. The summed E-state index contributed by atoms with van der Waals surface area (Å²) in [5, 5.41) is 7.35. The third kappa shape index (κ3) is 6.43. The number of nitrogens with one attached hydrogen (secondary N) is 1. The van der Waals surface area contributed by atoms with Gasteiger partial charge in [-0.1, -0.05) is 20.8 Å². The molecular weight excluding hydrogens is 656 g/mol. The summed E-state index contributed by atoms with van der Waals surface area (Å²) in [5.74, 6) is -1.08. The Kier molecular flexibility index (Phi) is 8.80. The first-order chi connectivity index (χ1) is 24.3. The highest BCUT2D eigenvalue weighted by Gasteiger charge is 2.32. The lowest BCUT2D eigenvalue weighted by Gasteiger charge is -2.46. The summed E-state index contributed by atoms with van der Waals surface area (Å²) >= 11 is 0. The maximum atomic E-state index is 15.4. The van der Waals surface area contributed by atoms with Gasteiger partial charge in [0.2, 0.25) is 0 Å². The average Bonchev–Trinajstić information content (AvgIpc) is 3.05. The Morgan fingerprint density at radius 2 is 1.78 bits per heavy atom. The number of ether oxygens (including phenoxy) is 1. The summed E-state index contributed by atoms with van der Waals surface area (Å²) in [4.78, 5) is 48.9. The van der Waals surface area contributed by atoms with E-state index in [1.54, 1.807) is 18.3 Å². The van der Waals surface area contributed by atoms with Crippen LogP contribution in [0, 0.1) is 11.6 Å². The highest BCUT2D eigenvalue weighted by molar-refractivity contribution is 5.93. The summed E-state index contributed by atoms with van der Waals surface area (Å²) in [6.45, 7) is 12.3. The van der Waals surface area contributed by atoms with E-state index in [9.17, 15) is 14.4 Å². The molecule has 0 saturated carbocycles. The zero-order valence-corrected chi connectivity index (χ0v) is 29.1. The van der Waals surface area contributed by atoms with Crippen LogP contribution in [0.3, 0.4) is 0 Å². The first-order valence-corrected chi connectivity index (χ1v) is 16.9. The van der Waals surface area contributed by atoms with Gasteiger partial charge >= 0.3 is 0 Å². The molecule has 2 fully saturated rings. The molecule has 5 aromatic rings. The maximum Gasteiger partial charge on any atom is 0.282 e. The number of piperazine rings is 1. The second kappa shape index (κ2) is 13.1. The predicted molar refractivity (Wildman–Crippen MR) is 193 cm³/mol. The van der Waals surface area contributed by atoms with Crippen LogP contribution < -0.4 is 21.3 Å². The lowest BCUT2D eigenvalue weighted by Crippen LogP contribution is -2.59. The molecule has 264 valence electrons. The average molecular weight is 696 g/mol. The molecule has 1 N–H and O–H groups in total. The highest BCUT2D eigenvalue weighted by atomic mass is 19.1. The number of carbonyl (C=O) groups is 1. The maximum absolute atomic E-state index is 15.4. The van der Waals surface area contributed by atoms with E-state index in [2.05, 4.69) is 32.1 Å². The standard InChI is InChI=1S/C38H39F2N7O4/c1-22-17-45(28-20-51-21-28)8-9-46(22)27-6-7-34(41-16-27)43-32-11-24(18-44(5)36(32)49)29-13-26(39)14-33(30(29)19-48)47-37(50)35-23(15-42-47)10-25(12-31(35)40)38(2,3)4/h6-7,10-16,18-19,22,28H,8-9,17,20-21H2,1-5H3,(H,41,43). The van der Waals surface area contributed by atoms with Gasteiger partial charge in [-0.25, -0.2) is 13.8 Å². The summed E-state index contributed by atoms with van der Waals surface area (Å²) in [6, 6.07) is 11.2. The Morgan fingerprint density at radius 3 is 2.43 bits per heavy atom. The van der Waals surface area contributed by atoms with Crippen molar-refractivity contribution in [3.8, 4) is 16.8 Å². The molecule has 3 aromatic heterocycles. The lowest BCUT2D eigenvalue weighted by molar-refractivity contribution is -0.0691. The second-order valence-electron chi connectivity index (χ2n) is 14.4. The molecule has 1 atom stereocenters. The first-order valence-electron chi connectivity index (χ1n) is 16.9. The van der Waals surface area contributed by atoms with Gasteiger partial charge in [0, 0.05) is 61.5 Å². The normalized spacial score (nSPS) is 17.1. The van der Waals surface area contributed by atoms with Gasteiger partial charge < -0.3 is 19.5 Å². The molecule has 2 aliphatic rings. The van der Waals surface area contributed by atoms with Gasteiger partial charge in [-0.3, -0.25) is 19.3 Å². The molecule has 0 amide bonds. The third-order valence-electron chi connectivity index (χ3n) is 9.81. The van der Waals surface area contributed by atoms with E-state index < -0.39 is 17.2 Å². The molecule has 7 rings (SSSR count). The largest absolute Gasteiger partial charge is 0.378 e. The first kappa shape index (κ1) is 34.2. The molecule has 0 radical (unpaired) electrons. The van der Waals surface area contributed by atoms with E-state index in [0.29, 0.717) is 29.3 Å². The molecule has 0 bridgehead atoms. The smallest absolute Gasteiger partial charge is 0.282 e. The molecule has 2 aromatic carbocycles. The fraction of sp³-hybridized carbons (Fsp3) is 0.342. The number of benzene rings is 2. The predicted octanol–water partition coefficient (Wildman–Crippen LogP) is 5.19. The Labute approximate surface area is 293 Å². The van der Waals surface area contributed by atoms with Gasteiger partial charge in [-0.15, -0.1) is 0 Å². The number of halogens is 2. The number of aromatic nitrogens is 4. The number of carbonyl (C=O) groups excluding carboxylic acids is 1. The number of rotatable bonds is 7. The van der Waals surface area contributed by atoms with Crippen molar-refractivity contribution in [2.45, 2.75) is 45.2 Å². The monoisotopic (exact) mass is 695 g/mol. The topological polar surface area (TPSA) is 115 Å².